The lowest BCUT2D eigenvalue weighted by Crippen LogP contribution is -2.32. The van der Waals surface area contributed by atoms with Crippen molar-refractivity contribution in [2.45, 2.75) is 32.1 Å². The number of para-hydroxylation sites is 1. The molecule has 0 amide bonds. The molecule has 0 saturated carbocycles. The molecule has 0 fully saturated rings. The van der Waals surface area contributed by atoms with E-state index >= 15 is 0 Å². The number of fused-ring (bicyclic) bond motifs is 3. The fourth-order valence-electron chi connectivity index (χ4n) is 5.41. The van der Waals surface area contributed by atoms with Crippen LogP contribution in [0.3, 0.4) is 0 Å². The van der Waals surface area contributed by atoms with E-state index in [1.807, 2.05) is 49.4 Å². The van der Waals surface area contributed by atoms with Crippen molar-refractivity contribution in [1.29, 1.82) is 0 Å². The molecule has 166 valence electrons. The van der Waals surface area contributed by atoms with Crippen molar-refractivity contribution in [3.8, 4) is 0 Å². The highest BCUT2D eigenvalue weighted by molar-refractivity contribution is 5.95. The van der Waals surface area contributed by atoms with Gasteiger partial charge in [0.05, 0.1) is 12.1 Å². The summed E-state index contributed by atoms with van der Waals surface area (Å²) in [5.41, 5.74) is 6.20. The van der Waals surface area contributed by atoms with E-state index in [9.17, 15) is 9.59 Å². The highest BCUT2D eigenvalue weighted by atomic mass is 16.5. The lowest BCUT2D eigenvalue weighted by atomic mass is 9.66. The smallest absolute Gasteiger partial charge is 0.418 e. The monoisotopic (exact) mass is 437 g/mol. The van der Waals surface area contributed by atoms with Gasteiger partial charge in [-0.1, -0.05) is 78.4 Å². The Morgan fingerprint density at radius 3 is 2.36 bits per heavy atom. The molecule has 0 spiro atoms. The molecular formula is C29H27NO3. The van der Waals surface area contributed by atoms with E-state index in [1.165, 1.54) is 5.56 Å². The fraction of sp³-hybridized carbons (Fsp3) is 0.241. The van der Waals surface area contributed by atoms with Crippen LogP contribution in [-0.2, 0) is 16.0 Å². The van der Waals surface area contributed by atoms with E-state index in [-0.39, 0.29) is 23.8 Å². The van der Waals surface area contributed by atoms with E-state index in [0.29, 0.717) is 13.0 Å². The normalized spacial score (nSPS) is 19.8. The third-order valence-electron chi connectivity index (χ3n) is 6.86. The lowest BCUT2D eigenvalue weighted by molar-refractivity contribution is -0.112. The summed E-state index contributed by atoms with van der Waals surface area (Å²) in [7, 11) is 0. The molecule has 3 atom stereocenters. The van der Waals surface area contributed by atoms with Crippen molar-refractivity contribution >= 4 is 23.3 Å². The maximum absolute atomic E-state index is 13.1. The number of carbonyl (C=O) groups is 2. The Hall–Kier alpha value is -3.66. The first-order valence-corrected chi connectivity index (χ1v) is 11.5. The number of aldehydes is 1. The van der Waals surface area contributed by atoms with Crippen molar-refractivity contribution in [3.63, 3.8) is 0 Å². The number of benzene rings is 3. The van der Waals surface area contributed by atoms with Crippen LogP contribution in [0.5, 0.6) is 0 Å². The standard InChI is InChI=1S/C29H27NO3/c1-3-33-29(32)30-25-12-8-7-11-22(25)28-26(30)17-23(20-15-13-19(2)14-16-20)24(18-31)27(28)21-9-5-4-6-10-21/h4-16,18,23-24,27H,3,17H2,1-2H3/t23-,24-,27+/m0/s1. The Morgan fingerprint density at radius 2 is 1.67 bits per heavy atom. The molecule has 4 heteroatoms. The summed E-state index contributed by atoms with van der Waals surface area (Å²) in [6.45, 7) is 4.19. The Kier molecular flexibility index (Phi) is 5.59. The highest BCUT2D eigenvalue weighted by Crippen LogP contribution is 2.50. The van der Waals surface area contributed by atoms with Crippen LogP contribution in [0.15, 0.2) is 78.9 Å². The van der Waals surface area contributed by atoms with Gasteiger partial charge in [0.2, 0.25) is 0 Å². The van der Waals surface area contributed by atoms with E-state index in [4.69, 9.17) is 4.74 Å². The largest absolute Gasteiger partial charge is 0.449 e. The van der Waals surface area contributed by atoms with Crippen LogP contribution >= 0.6 is 0 Å². The first-order valence-electron chi connectivity index (χ1n) is 11.5. The zero-order valence-electron chi connectivity index (χ0n) is 18.9. The molecule has 5 rings (SSSR count). The fourth-order valence-corrected chi connectivity index (χ4v) is 5.41. The molecule has 4 aromatic rings. The second-order valence-electron chi connectivity index (χ2n) is 8.73. The molecule has 1 heterocycles. The predicted molar refractivity (Wildman–Crippen MR) is 130 cm³/mol. The Balaban J connectivity index is 1.81. The SMILES string of the molecule is CCOC(=O)n1c2c(c3ccccc31)[C@H](c1ccccc1)[C@@H](C=O)[C@H](c1ccc(C)cc1)C2. The van der Waals surface area contributed by atoms with Gasteiger partial charge in [0.1, 0.15) is 6.29 Å². The molecule has 1 aliphatic rings. The zero-order chi connectivity index (χ0) is 22.9. The van der Waals surface area contributed by atoms with Crippen LogP contribution in [-0.4, -0.2) is 23.6 Å². The summed E-state index contributed by atoms with van der Waals surface area (Å²) >= 11 is 0. The predicted octanol–water partition coefficient (Wildman–Crippen LogP) is 6.24. The number of ether oxygens (including phenoxy) is 1. The number of aromatic nitrogens is 1. The van der Waals surface area contributed by atoms with Gasteiger partial charge in [0.25, 0.3) is 0 Å². The molecule has 3 aromatic carbocycles. The number of rotatable bonds is 4. The minimum atomic E-state index is -0.367. The van der Waals surface area contributed by atoms with Gasteiger partial charge in [-0.2, -0.15) is 0 Å². The van der Waals surface area contributed by atoms with Crippen molar-refractivity contribution in [2.24, 2.45) is 5.92 Å². The van der Waals surface area contributed by atoms with Gasteiger partial charge < -0.3 is 9.53 Å². The first kappa shape index (κ1) is 21.2. The Labute approximate surface area is 193 Å². The summed E-state index contributed by atoms with van der Waals surface area (Å²) < 4.78 is 7.19. The molecule has 4 nitrogen and oxygen atoms in total. The molecule has 0 radical (unpaired) electrons. The maximum Gasteiger partial charge on any atom is 0.418 e. The molecule has 0 aliphatic heterocycles. The molecule has 1 aliphatic carbocycles. The Morgan fingerprint density at radius 1 is 0.970 bits per heavy atom. The maximum atomic E-state index is 13.1. The molecule has 1 aromatic heterocycles. The Bertz CT molecular complexity index is 1300. The highest BCUT2D eigenvalue weighted by Gasteiger charge is 2.42. The van der Waals surface area contributed by atoms with Crippen LogP contribution in [0.25, 0.3) is 10.9 Å². The number of nitrogens with zero attached hydrogens (tertiary/aromatic N) is 1. The van der Waals surface area contributed by atoms with Gasteiger partial charge >= 0.3 is 6.09 Å². The van der Waals surface area contributed by atoms with Gasteiger partial charge in [-0.15, -0.1) is 0 Å². The summed E-state index contributed by atoms with van der Waals surface area (Å²) in [6, 6.07) is 26.5. The van der Waals surface area contributed by atoms with Crippen LogP contribution in [0.2, 0.25) is 0 Å². The van der Waals surface area contributed by atoms with Gasteiger partial charge in [-0.25, -0.2) is 9.36 Å². The molecule has 0 saturated heterocycles. The minimum Gasteiger partial charge on any atom is -0.449 e. The third-order valence-corrected chi connectivity index (χ3v) is 6.86. The summed E-state index contributed by atoms with van der Waals surface area (Å²) in [5, 5.41) is 1.00. The third kappa shape index (κ3) is 3.56. The van der Waals surface area contributed by atoms with Gasteiger partial charge in [-0.3, -0.25) is 0 Å². The van der Waals surface area contributed by atoms with Crippen LogP contribution in [0.1, 0.15) is 46.7 Å². The van der Waals surface area contributed by atoms with Gasteiger partial charge in [0.15, 0.2) is 0 Å². The van der Waals surface area contributed by atoms with Crippen molar-refractivity contribution < 1.29 is 14.3 Å². The number of aryl methyl sites for hydroxylation is 1. The van der Waals surface area contributed by atoms with Crippen molar-refractivity contribution in [1.82, 2.24) is 4.57 Å². The van der Waals surface area contributed by atoms with E-state index in [1.54, 1.807) is 4.57 Å². The summed E-state index contributed by atoms with van der Waals surface area (Å²) in [6.07, 6.45) is 1.34. The van der Waals surface area contributed by atoms with E-state index < -0.39 is 0 Å². The average Bonchev–Trinajstić information content (AvgIpc) is 3.18. The summed E-state index contributed by atoms with van der Waals surface area (Å²) in [4.78, 5) is 25.8. The number of hydrogen-bond donors (Lipinski definition) is 0. The second kappa shape index (κ2) is 8.70. The number of carbonyl (C=O) groups excluding carboxylic acids is 2. The van der Waals surface area contributed by atoms with Crippen molar-refractivity contribution in [3.05, 3.63) is 107 Å². The quantitative estimate of drug-likeness (QED) is 0.355. The van der Waals surface area contributed by atoms with Crippen LogP contribution in [0.4, 0.5) is 4.79 Å². The topological polar surface area (TPSA) is 48.3 Å². The van der Waals surface area contributed by atoms with Gasteiger partial charge in [-0.05, 0) is 48.9 Å². The average molecular weight is 438 g/mol. The molecule has 33 heavy (non-hydrogen) atoms. The van der Waals surface area contributed by atoms with Gasteiger partial charge in [0, 0.05) is 22.9 Å². The van der Waals surface area contributed by atoms with E-state index in [2.05, 4.69) is 43.3 Å². The lowest BCUT2D eigenvalue weighted by Gasteiger charge is -2.36. The number of hydrogen-bond acceptors (Lipinski definition) is 3. The second-order valence-corrected chi connectivity index (χ2v) is 8.73. The molecule has 0 unspecified atom stereocenters. The summed E-state index contributed by atoms with van der Waals surface area (Å²) in [5.74, 6) is -0.443. The van der Waals surface area contributed by atoms with Crippen molar-refractivity contribution in [2.75, 3.05) is 6.61 Å². The minimum absolute atomic E-state index is 0.0432. The van der Waals surface area contributed by atoms with Crippen LogP contribution < -0.4 is 0 Å². The molecule has 0 bridgehead atoms. The molecule has 0 N–H and O–H groups in total. The molecular weight excluding hydrogens is 410 g/mol. The zero-order valence-corrected chi connectivity index (χ0v) is 18.9. The van der Waals surface area contributed by atoms with Crippen LogP contribution in [0, 0.1) is 12.8 Å². The van der Waals surface area contributed by atoms with E-state index in [0.717, 1.165) is 39.6 Å². The first-order chi connectivity index (χ1) is 16.1.